The summed E-state index contributed by atoms with van der Waals surface area (Å²) in [6, 6.07) is 10.9. The van der Waals surface area contributed by atoms with Gasteiger partial charge in [0.05, 0.1) is 52.9 Å². The van der Waals surface area contributed by atoms with Gasteiger partial charge in [-0.3, -0.25) is 0 Å². The van der Waals surface area contributed by atoms with Crippen LogP contribution >= 0.6 is 23.2 Å². The zero-order valence-electron chi connectivity index (χ0n) is 29.3. The molecule has 0 atom stereocenters. The molecule has 15 nitrogen and oxygen atoms in total. The zero-order valence-corrected chi connectivity index (χ0v) is 30.8. The second kappa shape index (κ2) is 20.3. The molecule has 1 aromatic heterocycles. The lowest BCUT2D eigenvalue weighted by molar-refractivity contribution is -0.138. The summed E-state index contributed by atoms with van der Waals surface area (Å²) in [5, 5.41) is -0.0545. The van der Waals surface area contributed by atoms with Crippen LogP contribution in [0.15, 0.2) is 83.1 Å². The second-order valence-electron chi connectivity index (χ2n) is 11.2. The molecular weight excluding hydrogens is 765 g/mol. The van der Waals surface area contributed by atoms with Gasteiger partial charge in [0.2, 0.25) is 5.89 Å². The largest absolute Gasteiger partial charge is 0.513 e. The van der Waals surface area contributed by atoms with E-state index >= 15 is 0 Å². The molecule has 4 rings (SSSR count). The standard InChI is InChI=1S/C38H33Cl2NO14/c1-4-32(42)48-14-6-8-16-50-37(46)53-29-12-10-23(19-26(29)39)34-41-28-18-22(3)31(21-25(28)36(45)55-34)52-35(44)24-11-13-30(27(40)20-24)54-38(47)51-17-9-7-15-49-33(43)5-2/h4-5,10-13,18-21H,1-2,6-9,14-17H2,3H3. The van der Waals surface area contributed by atoms with Crippen LogP contribution in [-0.2, 0) is 28.5 Å². The number of hydrogen-bond donors (Lipinski definition) is 0. The Morgan fingerprint density at radius 1 is 0.691 bits per heavy atom. The second-order valence-corrected chi connectivity index (χ2v) is 12.0. The number of hydrogen-bond acceptors (Lipinski definition) is 15. The molecule has 288 valence electrons. The van der Waals surface area contributed by atoms with Crippen molar-refractivity contribution >= 4 is 64.3 Å². The van der Waals surface area contributed by atoms with Crippen molar-refractivity contribution in [3.05, 3.63) is 105 Å². The van der Waals surface area contributed by atoms with Gasteiger partial charge in [-0.15, -0.1) is 0 Å². The van der Waals surface area contributed by atoms with Gasteiger partial charge in [-0.1, -0.05) is 36.4 Å². The molecule has 0 saturated carbocycles. The Morgan fingerprint density at radius 3 is 1.75 bits per heavy atom. The van der Waals surface area contributed by atoms with Crippen molar-refractivity contribution in [2.45, 2.75) is 32.6 Å². The molecule has 0 aliphatic carbocycles. The third-order valence-electron chi connectivity index (χ3n) is 7.20. The summed E-state index contributed by atoms with van der Waals surface area (Å²) in [5.74, 6) is -2.02. The van der Waals surface area contributed by atoms with Crippen LogP contribution in [0.25, 0.3) is 22.4 Å². The smallest absolute Gasteiger partial charge is 0.463 e. The molecule has 17 heteroatoms. The van der Waals surface area contributed by atoms with Gasteiger partial charge < -0.3 is 37.6 Å². The van der Waals surface area contributed by atoms with E-state index in [4.69, 9.17) is 60.8 Å². The van der Waals surface area contributed by atoms with Crippen molar-refractivity contribution in [2.75, 3.05) is 26.4 Å². The molecule has 0 saturated heterocycles. The minimum atomic E-state index is -1.02. The number of benzene rings is 3. The predicted octanol–water partition coefficient (Wildman–Crippen LogP) is 7.74. The van der Waals surface area contributed by atoms with Crippen molar-refractivity contribution in [3.63, 3.8) is 0 Å². The third-order valence-corrected chi connectivity index (χ3v) is 7.79. The topological polar surface area (TPSA) is 193 Å². The van der Waals surface area contributed by atoms with Crippen LogP contribution in [0.5, 0.6) is 17.2 Å². The van der Waals surface area contributed by atoms with Crippen molar-refractivity contribution in [1.82, 2.24) is 4.98 Å². The summed E-state index contributed by atoms with van der Waals surface area (Å²) >= 11 is 12.6. The highest BCUT2D eigenvalue weighted by molar-refractivity contribution is 6.32. The first-order chi connectivity index (χ1) is 26.4. The lowest BCUT2D eigenvalue weighted by Gasteiger charge is -2.11. The quantitative estimate of drug-likeness (QED) is 0.0251. The Labute approximate surface area is 323 Å². The fourth-order valence-corrected chi connectivity index (χ4v) is 4.88. The minimum Gasteiger partial charge on any atom is -0.463 e. The highest BCUT2D eigenvalue weighted by atomic mass is 35.5. The molecule has 0 amide bonds. The van der Waals surface area contributed by atoms with Crippen molar-refractivity contribution < 1.29 is 61.5 Å². The number of carbonyl (C=O) groups excluding carboxylic acids is 5. The van der Waals surface area contributed by atoms with Crippen LogP contribution in [0.3, 0.4) is 0 Å². The Hall–Kier alpha value is -6.19. The van der Waals surface area contributed by atoms with Crippen LogP contribution in [0, 0.1) is 6.92 Å². The number of unbranched alkanes of at least 4 members (excludes halogenated alkanes) is 2. The number of aromatic nitrogens is 1. The molecule has 0 N–H and O–H groups in total. The normalized spacial score (nSPS) is 10.5. The molecule has 0 bridgehead atoms. The Bertz CT molecular complexity index is 2160. The monoisotopic (exact) mass is 797 g/mol. The lowest BCUT2D eigenvalue weighted by atomic mass is 10.1. The number of esters is 3. The first-order valence-electron chi connectivity index (χ1n) is 16.4. The molecular formula is C38H33Cl2NO14. The molecule has 4 aromatic rings. The van der Waals surface area contributed by atoms with Gasteiger partial charge in [0.25, 0.3) is 0 Å². The van der Waals surface area contributed by atoms with Crippen LogP contribution in [0.1, 0.15) is 41.6 Å². The van der Waals surface area contributed by atoms with Gasteiger partial charge in [0, 0.05) is 17.7 Å². The summed E-state index contributed by atoms with van der Waals surface area (Å²) in [6.07, 6.45) is 1.83. The molecule has 0 aliphatic rings. The van der Waals surface area contributed by atoms with E-state index in [1.165, 1.54) is 48.5 Å². The van der Waals surface area contributed by atoms with Gasteiger partial charge in [-0.05, 0) is 86.7 Å². The lowest BCUT2D eigenvalue weighted by Crippen LogP contribution is -2.13. The molecule has 0 spiro atoms. The number of rotatable bonds is 17. The molecule has 0 fully saturated rings. The maximum atomic E-state index is 13.0. The molecule has 0 radical (unpaired) electrons. The fraction of sp³-hybridized carbons (Fsp3) is 0.237. The summed E-state index contributed by atoms with van der Waals surface area (Å²) in [6.45, 7) is 8.55. The molecule has 1 heterocycles. The number of halogens is 2. The van der Waals surface area contributed by atoms with Crippen molar-refractivity contribution in [2.24, 2.45) is 0 Å². The van der Waals surface area contributed by atoms with E-state index in [9.17, 15) is 28.8 Å². The molecule has 3 aromatic carbocycles. The van der Waals surface area contributed by atoms with Crippen LogP contribution in [-0.4, -0.2) is 61.6 Å². The number of nitrogens with zero attached hydrogens (tertiary/aromatic N) is 1. The Kier molecular flexibility index (Phi) is 15.4. The van der Waals surface area contributed by atoms with Gasteiger partial charge in [-0.25, -0.2) is 33.8 Å². The number of aryl methyl sites for hydroxylation is 1. The van der Waals surface area contributed by atoms with Crippen molar-refractivity contribution in [3.8, 4) is 28.7 Å². The highest BCUT2D eigenvalue weighted by Gasteiger charge is 2.19. The number of ether oxygens (including phenoxy) is 7. The zero-order chi connectivity index (χ0) is 39.9. The van der Waals surface area contributed by atoms with Crippen LogP contribution in [0.2, 0.25) is 10.0 Å². The molecule has 0 aliphatic heterocycles. The third kappa shape index (κ3) is 12.4. The van der Waals surface area contributed by atoms with Crippen molar-refractivity contribution in [1.29, 1.82) is 0 Å². The Morgan fingerprint density at radius 2 is 1.22 bits per heavy atom. The summed E-state index contributed by atoms with van der Waals surface area (Å²) < 4.78 is 40.9. The van der Waals surface area contributed by atoms with E-state index in [2.05, 4.69) is 18.1 Å². The van der Waals surface area contributed by atoms with Gasteiger partial charge in [-0.2, -0.15) is 0 Å². The summed E-state index contributed by atoms with van der Waals surface area (Å²) in [5.41, 5.74) is 0.213. The summed E-state index contributed by atoms with van der Waals surface area (Å²) in [7, 11) is 0. The number of carbonyl (C=O) groups is 5. The van der Waals surface area contributed by atoms with Crippen LogP contribution < -0.4 is 19.8 Å². The van der Waals surface area contributed by atoms with Gasteiger partial charge in [0.15, 0.2) is 11.5 Å². The first-order valence-corrected chi connectivity index (χ1v) is 17.2. The van der Waals surface area contributed by atoms with E-state index in [1.54, 1.807) is 6.92 Å². The summed E-state index contributed by atoms with van der Waals surface area (Å²) in [4.78, 5) is 76.7. The van der Waals surface area contributed by atoms with Gasteiger partial charge >= 0.3 is 35.8 Å². The maximum Gasteiger partial charge on any atom is 0.513 e. The van der Waals surface area contributed by atoms with Gasteiger partial charge in [0.1, 0.15) is 5.75 Å². The van der Waals surface area contributed by atoms with E-state index in [0.29, 0.717) is 36.8 Å². The minimum absolute atomic E-state index is 0.00540. The number of fused-ring (bicyclic) bond motifs is 1. The molecule has 55 heavy (non-hydrogen) atoms. The fourth-order valence-electron chi connectivity index (χ4n) is 4.44. The molecule has 0 unspecified atom stereocenters. The predicted molar refractivity (Wildman–Crippen MR) is 197 cm³/mol. The first kappa shape index (κ1) is 41.6. The van der Waals surface area contributed by atoms with E-state index < -0.39 is 35.8 Å². The highest BCUT2D eigenvalue weighted by Crippen LogP contribution is 2.32. The average molecular weight is 799 g/mol. The Balaban J connectivity index is 1.34. The van der Waals surface area contributed by atoms with E-state index in [1.807, 2.05) is 0 Å². The SMILES string of the molecule is C=CC(=O)OCCCCOC(=O)Oc1ccc(C(=O)Oc2cc3c(=O)oc(-c4ccc(OC(=O)OCCCCOC(=O)C=C)c(Cl)c4)nc3cc2C)cc1Cl. The van der Waals surface area contributed by atoms with E-state index in [-0.39, 0.29) is 76.1 Å². The maximum absolute atomic E-state index is 13.0. The average Bonchev–Trinajstić information content (AvgIpc) is 3.16. The van der Waals surface area contributed by atoms with E-state index in [0.717, 1.165) is 12.2 Å². The van der Waals surface area contributed by atoms with Crippen LogP contribution in [0.4, 0.5) is 9.59 Å².